The third-order valence-electron chi connectivity index (χ3n) is 4.78. The zero-order valence-corrected chi connectivity index (χ0v) is 15.2. The Morgan fingerprint density at radius 2 is 1.83 bits per heavy atom. The summed E-state index contributed by atoms with van der Waals surface area (Å²) in [5, 5.41) is 3.43. The van der Waals surface area contributed by atoms with E-state index in [9.17, 15) is 0 Å². The van der Waals surface area contributed by atoms with Crippen LogP contribution in [0.2, 0.25) is 0 Å². The molecule has 4 heteroatoms. The van der Waals surface area contributed by atoms with Crippen molar-refractivity contribution >= 4 is 17.5 Å². The van der Waals surface area contributed by atoms with Crippen LogP contribution in [0.15, 0.2) is 30.3 Å². The number of aryl methyl sites for hydroxylation is 1. The highest BCUT2D eigenvalue weighted by molar-refractivity contribution is 5.60. The van der Waals surface area contributed by atoms with E-state index in [1.54, 1.807) is 0 Å². The molecule has 2 heterocycles. The lowest BCUT2D eigenvalue weighted by atomic mass is 9.99. The fraction of sp³-hybridized carbons (Fsp3) is 0.500. The molecule has 0 amide bonds. The van der Waals surface area contributed by atoms with Gasteiger partial charge in [0.05, 0.1) is 0 Å². The Morgan fingerprint density at radius 3 is 2.54 bits per heavy atom. The molecular weight excluding hydrogens is 296 g/mol. The molecule has 128 valence electrons. The summed E-state index contributed by atoms with van der Waals surface area (Å²) < 4.78 is 0. The van der Waals surface area contributed by atoms with Gasteiger partial charge in [-0.15, -0.1) is 0 Å². The van der Waals surface area contributed by atoms with Crippen molar-refractivity contribution in [2.45, 2.75) is 46.5 Å². The van der Waals surface area contributed by atoms with Gasteiger partial charge in [0.25, 0.3) is 0 Å². The number of nitrogens with zero attached hydrogens (tertiary/aromatic N) is 3. The second kappa shape index (κ2) is 7.20. The van der Waals surface area contributed by atoms with Crippen LogP contribution in [-0.4, -0.2) is 23.1 Å². The highest BCUT2D eigenvalue weighted by atomic mass is 15.2. The standard InChI is InChI=1S/C20H28N4/c1-14(2)17-7-5-6-8-18(17)22-20-21-16(4)13-19(23-20)24-11-9-15(3)10-12-24/h5-8,13-15H,9-12H2,1-4H3,(H,21,22,23). The third-order valence-corrected chi connectivity index (χ3v) is 4.78. The molecule has 1 N–H and O–H groups in total. The lowest BCUT2D eigenvalue weighted by Crippen LogP contribution is -2.33. The maximum atomic E-state index is 4.78. The lowest BCUT2D eigenvalue weighted by molar-refractivity contribution is 0.436. The molecular formula is C20H28N4. The predicted molar refractivity (Wildman–Crippen MR) is 101 cm³/mol. The van der Waals surface area contributed by atoms with Gasteiger partial charge in [-0.3, -0.25) is 0 Å². The summed E-state index contributed by atoms with van der Waals surface area (Å²) in [7, 11) is 0. The Hall–Kier alpha value is -2.10. The van der Waals surface area contributed by atoms with Crippen molar-refractivity contribution in [1.82, 2.24) is 9.97 Å². The number of rotatable bonds is 4. The first kappa shape index (κ1) is 16.7. The van der Waals surface area contributed by atoms with E-state index < -0.39 is 0 Å². The number of hydrogen-bond acceptors (Lipinski definition) is 4. The SMILES string of the molecule is Cc1cc(N2CCC(C)CC2)nc(Nc2ccccc2C(C)C)n1. The molecule has 3 rings (SSSR count). The maximum absolute atomic E-state index is 4.78. The van der Waals surface area contributed by atoms with Gasteiger partial charge < -0.3 is 10.2 Å². The van der Waals surface area contributed by atoms with Gasteiger partial charge in [0.2, 0.25) is 5.95 Å². The first-order valence-electron chi connectivity index (χ1n) is 8.99. The van der Waals surface area contributed by atoms with Crippen LogP contribution >= 0.6 is 0 Å². The van der Waals surface area contributed by atoms with Crippen molar-refractivity contribution < 1.29 is 0 Å². The molecule has 0 aliphatic carbocycles. The molecule has 0 spiro atoms. The van der Waals surface area contributed by atoms with E-state index in [-0.39, 0.29) is 0 Å². The average Bonchev–Trinajstić information content (AvgIpc) is 2.55. The number of aromatic nitrogens is 2. The van der Waals surface area contributed by atoms with E-state index in [2.05, 4.69) is 66.3 Å². The van der Waals surface area contributed by atoms with Crippen molar-refractivity contribution in [3.05, 3.63) is 41.6 Å². The zero-order valence-electron chi connectivity index (χ0n) is 15.2. The second-order valence-electron chi connectivity index (χ2n) is 7.23. The topological polar surface area (TPSA) is 41.1 Å². The number of piperidine rings is 1. The molecule has 0 bridgehead atoms. The molecule has 1 aromatic carbocycles. The molecule has 0 saturated carbocycles. The van der Waals surface area contributed by atoms with Crippen molar-refractivity contribution in [1.29, 1.82) is 0 Å². The number of benzene rings is 1. The van der Waals surface area contributed by atoms with Crippen LogP contribution in [0.25, 0.3) is 0 Å². The van der Waals surface area contributed by atoms with E-state index in [0.717, 1.165) is 36.2 Å². The molecule has 0 radical (unpaired) electrons. The van der Waals surface area contributed by atoms with Gasteiger partial charge in [-0.05, 0) is 43.2 Å². The van der Waals surface area contributed by atoms with E-state index in [4.69, 9.17) is 4.98 Å². The maximum Gasteiger partial charge on any atom is 0.229 e. The van der Waals surface area contributed by atoms with Crippen molar-refractivity contribution in [2.24, 2.45) is 5.92 Å². The molecule has 0 atom stereocenters. The minimum Gasteiger partial charge on any atom is -0.356 e. The molecule has 2 aromatic rings. The summed E-state index contributed by atoms with van der Waals surface area (Å²) in [6, 6.07) is 10.5. The summed E-state index contributed by atoms with van der Waals surface area (Å²) >= 11 is 0. The first-order chi connectivity index (χ1) is 11.5. The number of nitrogens with one attached hydrogen (secondary N) is 1. The molecule has 1 fully saturated rings. The largest absolute Gasteiger partial charge is 0.356 e. The number of para-hydroxylation sites is 1. The molecule has 1 saturated heterocycles. The molecule has 0 unspecified atom stereocenters. The molecule has 1 aromatic heterocycles. The molecule has 4 nitrogen and oxygen atoms in total. The quantitative estimate of drug-likeness (QED) is 0.869. The highest BCUT2D eigenvalue weighted by Gasteiger charge is 2.18. The van der Waals surface area contributed by atoms with Gasteiger partial charge >= 0.3 is 0 Å². The Balaban J connectivity index is 1.84. The van der Waals surface area contributed by atoms with Crippen LogP contribution in [0.3, 0.4) is 0 Å². The smallest absolute Gasteiger partial charge is 0.229 e. The summed E-state index contributed by atoms with van der Waals surface area (Å²) in [5.74, 6) is 3.01. The van der Waals surface area contributed by atoms with Crippen LogP contribution in [0.4, 0.5) is 17.5 Å². The third kappa shape index (κ3) is 3.86. The second-order valence-corrected chi connectivity index (χ2v) is 7.23. The van der Waals surface area contributed by atoms with Gasteiger partial charge in [0.1, 0.15) is 5.82 Å². The van der Waals surface area contributed by atoms with Gasteiger partial charge in [-0.1, -0.05) is 39.0 Å². The molecule has 24 heavy (non-hydrogen) atoms. The van der Waals surface area contributed by atoms with Crippen molar-refractivity contribution in [3.8, 4) is 0 Å². The minimum absolute atomic E-state index is 0.460. The van der Waals surface area contributed by atoms with Gasteiger partial charge in [0, 0.05) is 30.5 Å². The predicted octanol–water partition coefficient (Wildman–Crippen LogP) is 4.89. The Bertz CT molecular complexity index is 688. The number of hydrogen-bond donors (Lipinski definition) is 1. The average molecular weight is 324 g/mol. The lowest BCUT2D eigenvalue weighted by Gasteiger charge is -2.31. The van der Waals surface area contributed by atoms with Crippen molar-refractivity contribution in [2.75, 3.05) is 23.3 Å². The van der Waals surface area contributed by atoms with E-state index in [1.165, 1.54) is 18.4 Å². The fourth-order valence-electron chi connectivity index (χ4n) is 3.24. The minimum atomic E-state index is 0.460. The molecule has 1 aliphatic rings. The van der Waals surface area contributed by atoms with Crippen LogP contribution in [0.5, 0.6) is 0 Å². The van der Waals surface area contributed by atoms with Gasteiger partial charge in [-0.2, -0.15) is 4.98 Å². The normalized spacial score (nSPS) is 15.8. The summed E-state index contributed by atoms with van der Waals surface area (Å²) in [4.78, 5) is 11.8. The van der Waals surface area contributed by atoms with Crippen molar-refractivity contribution in [3.63, 3.8) is 0 Å². The Kier molecular flexibility index (Phi) is 5.03. The number of anilines is 3. The summed E-state index contributed by atoms with van der Waals surface area (Å²) in [6.45, 7) is 10.9. The summed E-state index contributed by atoms with van der Waals surface area (Å²) in [6.07, 6.45) is 2.48. The van der Waals surface area contributed by atoms with Gasteiger partial charge in [0.15, 0.2) is 0 Å². The summed E-state index contributed by atoms with van der Waals surface area (Å²) in [5.41, 5.74) is 3.38. The van der Waals surface area contributed by atoms with Crippen LogP contribution in [0, 0.1) is 12.8 Å². The molecule has 1 aliphatic heterocycles. The van der Waals surface area contributed by atoms with E-state index >= 15 is 0 Å². The van der Waals surface area contributed by atoms with Crippen LogP contribution in [-0.2, 0) is 0 Å². The Morgan fingerprint density at radius 1 is 1.12 bits per heavy atom. The van der Waals surface area contributed by atoms with E-state index in [0.29, 0.717) is 11.9 Å². The van der Waals surface area contributed by atoms with E-state index in [1.807, 2.05) is 6.92 Å². The highest BCUT2D eigenvalue weighted by Crippen LogP contribution is 2.27. The monoisotopic (exact) mass is 324 g/mol. The first-order valence-corrected chi connectivity index (χ1v) is 8.99. The Labute approximate surface area is 145 Å². The van der Waals surface area contributed by atoms with Crippen LogP contribution in [0.1, 0.15) is 50.8 Å². The zero-order chi connectivity index (χ0) is 17.1. The van der Waals surface area contributed by atoms with Crippen LogP contribution < -0.4 is 10.2 Å². The van der Waals surface area contributed by atoms with Gasteiger partial charge in [-0.25, -0.2) is 4.98 Å². The fourth-order valence-corrected chi connectivity index (χ4v) is 3.24.